The molecule has 0 heterocycles. The molecule has 0 saturated carbocycles. The molecule has 1 N–H and O–H groups in total. The van der Waals surface area contributed by atoms with E-state index in [9.17, 15) is 0 Å². The molecule has 3 heteroatoms. The Morgan fingerprint density at radius 1 is 1.05 bits per heavy atom. The van der Waals surface area contributed by atoms with Crippen LogP contribution in [0.2, 0.25) is 0 Å². The van der Waals surface area contributed by atoms with E-state index in [1.54, 1.807) is 7.11 Å². The molecule has 0 fully saturated rings. The van der Waals surface area contributed by atoms with Gasteiger partial charge in [0.25, 0.3) is 0 Å². The first-order chi connectivity index (χ1) is 10.3. The lowest BCUT2D eigenvalue weighted by Crippen LogP contribution is -2.23. The Hall–Kier alpha value is -1.84. The van der Waals surface area contributed by atoms with Crippen molar-refractivity contribution in [3.05, 3.63) is 65.7 Å². The molecule has 1 atom stereocenters. The van der Waals surface area contributed by atoms with E-state index in [2.05, 4.69) is 30.4 Å². The van der Waals surface area contributed by atoms with Crippen LogP contribution < -0.4 is 10.1 Å². The van der Waals surface area contributed by atoms with E-state index in [1.165, 1.54) is 5.56 Å². The van der Waals surface area contributed by atoms with Crippen molar-refractivity contribution in [3.8, 4) is 5.75 Å². The Labute approximate surface area is 126 Å². The Morgan fingerprint density at radius 3 is 2.57 bits per heavy atom. The molecular weight excluding hydrogens is 262 g/mol. The predicted octanol–water partition coefficient (Wildman–Crippen LogP) is 3.56. The normalized spacial score (nSPS) is 12.1. The topological polar surface area (TPSA) is 30.5 Å². The first-order valence-electron chi connectivity index (χ1n) is 7.33. The maximum Gasteiger partial charge on any atom is 0.119 e. The lowest BCUT2D eigenvalue weighted by atomic mass is 10.1. The second kappa shape index (κ2) is 8.45. The Balaban J connectivity index is 2.01. The highest BCUT2D eigenvalue weighted by atomic mass is 16.5. The van der Waals surface area contributed by atoms with Crippen LogP contribution in [-0.4, -0.2) is 20.2 Å². The second-order valence-corrected chi connectivity index (χ2v) is 4.87. The first-order valence-corrected chi connectivity index (χ1v) is 7.33. The van der Waals surface area contributed by atoms with Gasteiger partial charge < -0.3 is 14.8 Å². The van der Waals surface area contributed by atoms with Crippen molar-refractivity contribution in [3.63, 3.8) is 0 Å². The Kier molecular flexibility index (Phi) is 6.25. The summed E-state index contributed by atoms with van der Waals surface area (Å²) in [6.07, 6.45) is 0.0531. The SMILES string of the molecule is CCNCC(OCc1cccc(OC)c1)c1ccccc1. The quantitative estimate of drug-likeness (QED) is 0.804. The van der Waals surface area contributed by atoms with E-state index in [-0.39, 0.29) is 6.10 Å². The third kappa shape index (κ3) is 4.88. The molecule has 0 aromatic heterocycles. The molecule has 112 valence electrons. The molecule has 2 aromatic rings. The van der Waals surface area contributed by atoms with Crippen molar-refractivity contribution in [1.29, 1.82) is 0 Å². The zero-order valence-corrected chi connectivity index (χ0v) is 12.7. The zero-order valence-electron chi connectivity index (χ0n) is 12.7. The van der Waals surface area contributed by atoms with Gasteiger partial charge in [-0.15, -0.1) is 0 Å². The third-order valence-corrected chi connectivity index (χ3v) is 3.34. The molecule has 0 amide bonds. The third-order valence-electron chi connectivity index (χ3n) is 3.34. The molecule has 0 spiro atoms. The number of benzene rings is 2. The fourth-order valence-corrected chi connectivity index (χ4v) is 2.18. The minimum atomic E-state index is 0.0531. The largest absolute Gasteiger partial charge is 0.497 e. The monoisotopic (exact) mass is 285 g/mol. The highest BCUT2D eigenvalue weighted by molar-refractivity contribution is 5.28. The lowest BCUT2D eigenvalue weighted by Gasteiger charge is -2.19. The van der Waals surface area contributed by atoms with Gasteiger partial charge in [-0.25, -0.2) is 0 Å². The van der Waals surface area contributed by atoms with Gasteiger partial charge in [0, 0.05) is 6.54 Å². The number of nitrogens with one attached hydrogen (secondary N) is 1. The molecule has 0 aliphatic rings. The van der Waals surface area contributed by atoms with Gasteiger partial charge in [-0.2, -0.15) is 0 Å². The summed E-state index contributed by atoms with van der Waals surface area (Å²) in [7, 11) is 1.68. The van der Waals surface area contributed by atoms with E-state index < -0.39 is 0 Å². The highest BCUT2D eigenvalue weighted by Crippen LogP contribution is 2.20. The van der Waals surface area contributed by atoms with Crippen LogP contribution in [0.3, 0.4) is 0 Å². The van der Waals surface area contributed by atoms with Gasteiger partial charge in [-0.05, 0) is 29.8 Å². The molecule has 0 radical (unpaired) electrons. The maximum absolute atomic E-state index is 6.10. The molecule has 0 aliphatic carbocycles. The van der Waals surface area contributed by atoms with Gasteiger partial charge in [-0.1, -0.05) is 49.4 Å². The predicted molar refractivity (Wildman–Crippen MR) is 85.5 cm³/mol. The molecule has 0 aliphatic heterocycles. The fraction of sp³-hybridized carbons (Fsp3) is 0.333. The number of methoxy groups -OCH3 is 1. The summed E-state index contributed by atoms with van der Waals surface area (Å²) in [5, 5.41) is 3.36. The van der Waals surface area contributed by atoms with E-state index in [0.717, 1.165) is 24.4 Å². The first kappa shape index (κ1) is 15.5. The van der Waals surface area contributed by atoms with Crippen molar-refractivity contribution < 1.29 is 9.47 Å². The van der Waals surface area contributed by atoms with Gasteiger partial charge in [-0.3, -0.25) is 0 Å². The van der Waals surface area contributed by atoms with E-state index >= 15 is 0 Å². The summed E-state index contributed by atoms with van der Waals surface area (Å²) < 4.78 is 11.3. The number of hydrogen-bond acceptors (Lipinski definition) is 3. The second-order valence-electron chi connectivity index (χ2n) is 4.87. The molecular formula is C18H23NO2. The van der Waals surface area contributed by atoms with Crippen LogP contribution >= 0.6 is 0 Å². The smallest absolute Gasteiger partial charge is 0.119 e. The lowest BCUT2D eigenvalue weighted by molar-refractivity contribution is 0.0401. The summed E-state index contributed by atoms with van der Waals surface area (Å²) in [6, 6.07) is 18.3. The minimum absolute atomic E-state index is 0.0531. The van der Waals surface area contributed by atoms with Crippen LogP contribution in [0.15, 0.2) is 54.6 Å². The van der Waals surface area contributed by atoms with E-state index in [0.29, 0.717) is 6.61 Å². The average molecular weight is 285 g/mol. The van der Waals surface area contributed by atoms with Crippen molar-refractivity contribution in [2.45, 2.75) is 19.6 Å². The van der Waals surface area contributed by atoms with Gasteiger partial charge in [0.15, 0.2) is 0 Å². The molecule has 2 aromatic carbocycles. The van der Waals surface area contributed by atoms with Crippen LogP contribution in [0, 0.1) is 0 Å². The van der Waals surface area contributed by atoms with Crippen LogP contribution in [0.5, 0.6) is 5.75 Å². The average Bonchev–Trinajstić information content (AvgIpc) is 2.56. The number of hydrogen-bond donors (Lipinski definition) is 1. The highest BCUT2D eigenvalue weighted by Gasteiger charge is 2.11. The standard InChI is InChI=1S/C18H23NO2/c1-3-19-13-18(16-9-5-4-6-10-16)21-14-15-8-7-11-17(12-15)20-2/h4-12,18-19H,3,13-14H2,1-2H3. The molecule has 21 heavy (non-hydrogen) atoms. The molecule has 2 rings (SSSR count). The maximum atomic E-state index is 6.10. The summed E-state index contributed by atoms with van der Waals surface area (Å²) in [6.45, 7) is 4.42. The van der Waals surface area contributed by atoms with Crippen LogP contribution in [0.1, 0.15) is 24.2 Å². The van der Waals surface area contributed by atoms with E-state index in [1.807, 2.05) is 36.4 Å². The van der Waals surface area contributed by atoms with Crippen LogP contribution in [-0.2, 0) is 11.3 Å². The number of ether oxygens (including phenoxy) is 2. The van der Waals surface area contributed by atoms with Gasteiger partial charge in [0.05, 0.1) is 19.8 Å². The summed E-state index contributed by atoms with van der Waals surface area (Å²) in [5.41, 5.74) is 2.31. The van der Waals surface area contributed by atoms with Crippen molar-refractivity contribution in [2.75, 3.05) is 20.2 Å². The van der Waals surface area contributed by atoms with Crippen LogP contribution in [0.25, 0.3) is 0 Å². The molecule has 1 unspecified atom stereocenters. The van der Waals surface area contributed by atoms with Gasteiger partial charge in [0.2, 0.25) is 0 Å². The van der Waals surface area contributed by atoms with Crippen LogP contribution in [0.4, 0.5) is 0 Å². The number of likely N-dealkylation sites (N-methyl/N-ethyl adjacent to an activating group) is 1. The van der Waals surface area contributed by atoms with Crippen molar-refractivity contribution >= 4 is 0 Å². The van der Waals surface area contributed by atoms with E-state index in [4.69, 9.17) is 9.47 Å². The Bertz CT molecular complexity index is 528. The summed E-state index contributed by atoms with van der Waals surface area (Å²) in [4.78, 5) is 0. The van der Waals surface area contributed by atoms with Crippen molar-refractivity contribution in [2.24, 2.45) is 0 Å². The van der Waals surface area contributed by atoms with Gasteiger partial charge in [0.1, 0.15) is 5.75 Å². The fourth-order valence-electron chi connectivity index (χ4n) is 2.18. The number of rotatable bonds is 8. The molecule has 0 bridgehead atoms. The van der Waals surface area contributed by atoms with Crippen molar-refractivity contribution in [1.82, 2.24) is 5.32 Å². The van der Waals surface area contributed by atoms with Gasteiger partial charge >= 0.3 is 0 Å². The minimum Gasteiger partial charge on any atom is -0.497 e. The zero-order chi connectivity index (χ0) is 14.9. The molecule has 0 saturated heterocycles. The molecule has 3 nitrogen and oxygen atoms in total. The summed E-state index contributed by atoms with van der Waals surface area (Å²) >= 11 is 0. The Morgan fingerprint density at radius 2 is 1.86 bits per heavy atom. The summed E-state index contributed by atoms with van der Waals surface area (Å²) in [5.74, 6) is 0.860.